The van der Waals surface area contributed by atoms with Gasteiger partial charge in [0.25, 0.3) is 23.3 Å². The summed E-state index contributed by atoms with van der Waals surface area (Å²) in [6, 6.07) is 15.1. The molecule has 0 aliphatic carbocycles. The minimum Gasteiger partial charge on any atom is -0.381 e. The monoisotopic (exact) mass is 609 g/mol. The SMILES string of the molecule is CCC1c2c(cc(F)nc2C(=O)Nc2cccc(C(=O)Nc3ccn(C)n3)c2)C(=O)N1c1ccc(-c2c(C)on(C)c2=O)cc1. The number of nitrogens with one attached hydrogen (secondary N) is 2. The molecule has 1 aliphatic rings. The fraction of sp³-hybridized carbons (Fsp3) is 0.188. The molecule has 4 heterocycles. The Morgan fingerprint density at radius 3 is 2.40 bits per heavy atom. The number of aromatic nitrogens is 4. The van der Waals surface area contributed by atoms with Crippen LogP contribution in [0.15, 0.2) is 76.2 Å². The number of nitrogens with zero attached hydrogens (tertiary/aromatic N) is 5. The lowest BCUT2D eigenvalue weighted by molar-refractivity contribution is 0.0987. The number of hydrogen-bond acceptors (Lipinski definition) is 7. The van der Waals surface area contributed by atoms with Crippen LogP contribution in [0.4, 0.5) is 21.6 Å². The Bertz CT molecular complexity index is 2040. The highest BCUT2D eigenvalue weighted by Gasteiger charge is 2.41. The van der Waals surface area contributed by atoms with Gasteiger partial charge in [0.2, 0.25) is 5.95 Å². The van der Waals surface area contributed by atoms with Gasteiger partial charge in [0, 0.05) is 54.9 Å². The molecule has 0 bridgehead atoms. The number of aryl methyl sites for hydroxylation is 3. The fourth-order valence-corrected chi connectivity index (χ4v) is 5.61. The van der Waals surface area contributed by atoms with Crippen molar-refractivity contribution < 1.29 is 23.3 Å². The normalized spacial score (nSPS) is 14.0. The average molecular weight is 610 g/mol. The van der Waals surface area contributed by atoms with Crippen molar-refractivity contribution in [3.63, 3.8) is 0 Å². The molecule has 1 aliphatic heterocycles. The molecule has 228 valence electrons. The van der Waals surface area contributed by atoms with Gasteiger partial charge in [0.1, 0.15) is 11.5 Å². The lowest BCUT2D eigenvalue weighted by Crippen LogP contribution is -2.28. The molecule has 0 radical (unpaired) electrons. The molecular weight excluding hydrogens is 581 g/mol. The summed E-state index contributed by atoms with van der Waals surface area (Å²) in [5, 5.41) is 9.50. The molecule has 0 fully saturated rings. The number of carbonyl (C=O) groups is 3. The Hall–Kier alpha value is -5.85. The highest BCUT2D eigenvalue weighted by atomic mass is 19.1. The van der Waals surface area contributed by atoms with Gasteiger partial charge in [-0.3, -0.25) is 23.9 Å². The molecule has 1 atom stereocenters. The second kappa shape index (κ2) is 11.3. The molecule has 3 amide bonds. The number of fused-ring (bicyclic) bond motifs is 1. The Kier molecular flexibility index (Phi) is 7.36. The second-order valence-corrected chi connectivity index (χ2v) is 10.6. The quantitative estimate of drug-likeness (QED) is 0.251. The Morgan fingerprint density at radius 1 is 1.00 bits per heavy atom. The van der Waals surface area contributed by atoms with Crippen LogP contribution in [0, 0.1) is 12.9 Å². The van der Waals surface area contributed by atoms with Crippen LogP contribution < -0.4 is 21.1 Å². The standard InChI is InChI=1S/C32H28FN7O5/c1-5-23-27-22(31(43)40(23)21-11-9-18(10-12-21)26-17(2)45-39(4)32(26)44)16-24(33)35-28(27)30(42)34-20-8-6-7-19(15-20)29(41)36-25-13-14-38(3)37-25/h6-16,23H,5H2,1-4H3,(H,34,42)(H,36,37,41). The lowest BCUT2D eigenvalue weighted by atomic mass is 10.00. The summed E-state index contributed by atoms with van der Waals surface area (Å²) in [5.74, 6) is -1.80. The van der Waals surface area contributed by atoms with Crippen LogP contribution in [0.25, 0.3) is 11.1 Å². The zero-order chi connectivity index (χ0) is 32.0. The first-order chi connectivity index (χ1) is 21.5. The van der Waals surface area contributed by atoms with Gasteiger partial charge >= 0.3 is 0 Å². The van der Waals surface area contributed by atoms with E-state index in [2.05, 4.69) is 20.7 Å². The number of amides is 3. The molecule has 13 heteroatoms. The molecule has 0 saturated carbocycles. The Labute approximate surface area is 256 Å². The number of pyridine rings is 1. The maximum atomic E-state index is 14.8. The van der Waals surface area contributed by atoms with E-state index in [-0.39, 0.29) is 28.1 Å². The number of anilines is 3. The first-order valence-corrected chi connectivity index (χ1v) is 14.1. The smallest absolute Gasteiger partial charge is 0.290 e. The van der Waals surface area contributed by atoms with Crippen molar-refractivity contribution >= 4 is 34.9 Å². The Morgan fingerprint density at radius 2 is 1.76 bits per heavy atom. The van der Waals surface area contributed by atoms with E-state index in [4.69, 9.17) is 4.52 Å². The van der Waals surface area contributed by atoms with Crippen molar-refractivity contribution in [1.82, 2.24) is 19.5 Å². The molecule has 12 nitrogen and oxygen atoms in total. The highest BCUT2D eigenvalue weighted by molar-refractivity contribution is 6.15. The number of hydrogen-bond donors (Lipinski definition) is 2. The van der Waals surface area contributed by atoms with Crippen molar-refractivity contribution in [3.05, 3.63) is 111 Å². The number of carbonyl (C=O) groups excluding carboxylic acids is 3. The zero-order valence-electron chi connectivity index (χ0n) is 24.8. The maximum Gasteiger partial charge on any atom is 0.290 e. The van der Waals surface area contributed by atoms with Crippen molar-refractivity contribution in [2.45, 2.75) is 26.3 Å². The molecule has 2 aromatic carbocycles. The predicted molar refractivity (Wildman–Crippen MR) is 164 cm³/mol. The van der Waals surface area contributed by atoms with Crippen LogP contribution in [-0.2, 0) is 14.1 Å². The van der Waals surface area contributed by atoms with E-state index in [1.807, 2.05) is 6.92 Å². The third-order valence-electron chi connectivity index (χ3n) is 7.62. The summed E-state index contributed by atoms with van der Waals surface area (Å²) in [7, 11) is 3.25. The van der Waals surface area contributed by atoms with Crippen LogP contribution in [0.3, 0.4) is 0 Å². The summed E-state index contributed by atoms with van der Waals surface area (Å²) in [4.78, 5) is 57.9. The minimum atomic E-state index is -0.978. The van der Waals surface area contributed by atoms with Gasteiger partial charge < -0.3 is 20.1 Å². The van der Waals surface area contributed by atoms with E-state index in [1.54, 1.807) is 73.4 Å². The molecule has 0 saturated heterocycles. The zero-order valence-corrected chi connectivity index (χ0v) is 24.8. The van der Waals surface area contributed by atoms with Gasteiger partial charge in [0.15, 0.2) is 5.82 Å². The summed E-state index contributed by atoms with van der Waals surface area (Å²) < 4.78 is 22.9. The number of rotatable bonds is 7. The number of benzene rings is 2. The highest BCUT2D eigenvalue weighted by Crippen LogP contribution is 2.41. The average Bonchev–Trinajstić information content (AvgIpc) is 3.64. The van der Waals surface area contributed by atoms with E-state index in [0.29, 0.717) is 40.4 Å². The van der Waals surface area contributed by atoms with Gasteiger partial charge in [0.05, 0.1) is 17.2 Å². The maximum absolute atomic E-state index is 14.8. The van der Waals surface area contributed by atoms with Gasteiger partial charge in [-0.25, -0.2) is 4.98 Å². The summed E-state index contributed by atoms with van der Waals surface area (Å²) in [5.41, 5.74) is 1.89. The van der Waals surface area contributed by atoms with Crippen molar-refractivity contribution in [1.29, 1.82) is 0 Å². The predicted octanol–water partition coefficient (Wildman–Crippen LogP) is 4.84. The summed E-state index contributed by atoms with van der Waals surface area (Å²) >= 11 is 0. The van der Waals surface area contributed by atoms with Gasteiger partial charge in [-0.1, -0.05) is 25.1 Å². The van der Waals surface area contributed by atoms with Gasteiger partial charge in [-0.05, 0) is 49.2 Å². The van der Waals surface area contributed by atoms with Crippen molar-refractivity contribution in [3.8, 4) is 11.1 Å². The molecule has 6 rings (SSSR count). The molecule has 5 aromatic rings. The van der Waals surface area contributed by atoms with Crippen LogP contribution in [0.5, 0.6) is 0 Å². The first-order valence-electron chi connectivity index (χ1n) is 14.1. The van der Waals surface area contributed by atoms with E-state index in [9.17, 15) is 23.6 Å². The summed E-state index contributed by atoms with van der Waals surface area (Å²) in [6.45, 7) is 3.54. The van der Waals surface area contributed by atoms with E-state index in [0.717, 1.165) is 10.8 Å². The first kappa shape index (κ1) is 29.2. The van der Waals surface area contributed by atoms with E-state index in [1.165, 1.54) is 18.0 Å². The van der Waals surface area contributed by atoms with E-state index < -0.39 is 29.7 Å². The van der Waals surface area contributed by atoms with Gasteiger partial charge in [-0.2, -0.15) is 14.2 Å². The molecule has 0 spiro atoms. The van der Waals surface area contributed by atoms with Crippen molar-refractivity contribution in [2.75, 3.05) is 15.5 Å². The lowest BCUT2D eigenvalue weighted by Gasteiger charge is -2.25. The topological polar surface area (TPSA) is 144 Å². The summed E-state index contributed by atoms with van der Waals surface area (Å²) in [6.07, 6.45) is 2.09. The van der Waals surface area contributed by atoms with Crippen LogP contribution in [0.1, 0.15) is 61.9 Å². The third-order valence-corrected chi connectivity index (χ3v) is 7.62. The van der Waals surface area contributed by atoms with Crippen LogP contribution >= 0.6 is 0 Å². The van der Waals surface area contributed by atoms with Gasteiger partial charge in [-0.15, -0.1) is 0 Å². The second-order valence-electron chi connectivity index (χ2n) is 10.6. The van der Waals surface area contributed by atoms with Crippen molar-refractivity contribution in [2.24, 2.45) is 14.1 Å². The third kappa shape index (κ3) is 5.28. The molecular formula is C32H28FN7O5. The van der Waals surface area contributed by atoms with E-state index >= 15 is 0 Å². The minimum absolute atomic E-state index is 0.0339. The Balaban J connectivity index is 1.28. The largest absolute Gasteiger partial charge is 0.381 e. The molecule has 3 aromatic heterocycles. The molecule has 45 heavy (non-hydrogen) atoms. The van der Waals surface area contributed by atoms with Crippen LogP contribution in [-0.4, -0.2) is 37.2 Å². The molecule has 2 N–H and O–H groups in total. The van der Waals surface area contributed by atoms with Crippen LogP contribution in [0.2, 0.25) is 0 Å². The fourth-order valence-electron chi connectivity index (χ4n) is 5.61. The number of halogens is 1. The molecule has 1 unspecified atom stereocenters.